The van der Waals surface area contributed by atoms with E-state index in [4.69, 9.17) is 23.8 Å². The number of aryl methyl sites for hydroxylation is 2. The predicted octanol–water partition coefficient (Wildman–Crippen LogP) is 6.62. The lowest BCUT2D eigenvalue weighted by molar-refractivity contribution is -0.118. The molecule has 9 heteroatoms. The Hall–Kier alpha value is -3.75. The maximum absolute atomic E-state index is 12.3. The van der Waals surface area contributed by atoms with E-state index in [0.717, 1.165) is 39.7 Å². The summed E-state index contributed by atoms with van der Waals surface area (Å²) in [5.41, 5.74) is 6.63. The van der Waals surface area contributed by atoms with Gasteiger partial charge in [-0.3, -0.25) is 9.78 Å². The van der Waals surface area contributed by atoms with E-state index >= 15 is 0 Å². The Morgan fingerprint density at radius 2 is 1.87 bits per heavy atom. The monoisotopic (exact) mass is 558 g/mol. The van der Waals surface area contributed by atoms with Gasteiger partial charge in [-0.1, -0.05) is 37.6 Å². The minimum Gasteiger partial charge on any atom is -0.351 e. The number of aromatic nitrogens is 3. The molecule has 1 fully saturated rings. The number of hydrogen-bond donors (Lipinski definition) is 2. The van der Waals surface area contributed by atoms with Crippen LogP contribution in [-0.2, 0) is 4.79 Å². The standard InChI is InChI=1S/C30H31ClN6OS/c1-17(2)29(38)34-24-11-10-21(15-23(24)31)37-28(27(35-30(37)39)25-8-6-7-13-32-25)22-14-19(4)36(20(22)5)26-12-9-18(3)16-33-26/h6-17,27-28H,1-5H3,(H,34,38)(H,35,39). The van der Waals surface area contributed by atoms with Crippen molar-refractivity contribution in [3.05, 3.63) is 100 Å². The Morgan fingerprint density at radius 1 is 1.08 bits per heavy atom. The predicted molar refractivity (Wildman–Crippen MR) is 161 cm³/mol. The highest BCUT2D eigenvalue weighted by Crippen LogP contribution is 2.44. The molecule has 0 radical (unpaired) electrons. The maximum atomic E-state index is 12.3. The summed E-state index contributed by atoms with van der Waals surface area (Å²) in [7, 11) is 0. The highest BCUT2D eigenvalue weighted by molar-refractivity contribution is 7.80. The van der Waals surface area contributed by atoms with E-state index in [1.54, 1.807) is 6.20 Å². The molecule has 1 aromatic carbocycles. The summed E-state index contributed by atoms with van der Waals surface area (Å²) in [5, 5.41) is 7.43. The van der Waals surface area contributed by atoms with Gasteiger partial charge in [-0.05, 0) is 86.6 Å². The van der Waals surface area contributed by atoms with Gasteiger partial charge in [0.25, 0.3) is 0 Å². The second-order valence-corrected chi connectivity index (χ2v) is 11.0. The Kier molecular flexibility index (Phi) is 7.42. The average molecular weight is 559 g/mol. The molecule has 4 heterocycles. The molecule has 0 bridgehead atoms. The third-order valence-electron chi connectivity index (χ3n) is 7.02. The van der Waals surface area contributed by atoms with Crippen LogP contribution in [0.4, 0.5) is 11.4 Å². The maximum Gasteiger partial charge on any atom is 0.226 e. The molecule has 1 aliphatic rings. The summed E-state index contributed by atoms with van der Waals surface area (Å²) in [5.74, 6) is 0.621. The van der Waals surface area contributed by atoms with Gasteiger partial charge in [0.2, 0.25) is 5.91 Å². The third kappa shape index (κ3) is 5.14. The number of rotatable bonds is 6. The number of nitrogens with one attached hydrogen (secondary N) is 2. The Balaban J connectivity index is 1.61. The van der Waals surface area contributed by atoms with E-state index in [2.05, 4.69) is 56.0 Å². The third-order valence-corrected chi connectivity index (χ3v) is 7.65. The number of thiocarbonyl (C=S) groups is 1. The summed E-state index contributed by atoms with van der Waals surface area (Å²) in [6.45, 7) is 9.91. The van der Waals surface area contributed by atoms with Crippen LogP contribution in [0.15, 0.2) is 67.0 Å². The molecule has 0 spiro atoms. The van der Waals surface area contributed by atoms with Crippen LogP contribution in [0.1, 0.15) is 54.1 Å². The first-order valence-electron chi connectivity index (χ1n) is 12.9. The summed E-state index contributed by atoms with van der Waals surface area (Å²) >= 11 is 12.6. The topological polar surface area (TPSA) is 75.1 Å². The van der Waals surface area contributed by atoms with Crippen LogP contribution < -0.4 is 15.5 Å². The lowest BCUT2D eigenvalue weighted by Crippen LogP contribution is -2.29. The van der Waals surface area contributed by atoms with Crippen molar-refractivity contribution in [1.29, 1.82) is 0 Å². The highest BCUT2D eigenvalue weighted by atomic mass is 35.5. The molecule has 200 valence electrons. The number of carbonyl (C=O) groups is 1. The molecule has 0 saturated carbocycles. The van der Waals surface area contributed by atoms with E-state index in [0.29, 0.717) is 15.8 Å². The molecule has 0 aliphatic carbocycles. The Bertz CT molecular complexity index is 1530. The molecule has 2 unspecified atom stereocenters. The van der Waals surface area contributed by atoms with Crippen LogP contribution in [0.25, 0.3) is 5.82 Å². The lowest BCUT2D eigenvalue weighted by atomic mass is 9.96. The van der Waals surface area contributed by atoms with Crippen molar-refractivity contribution in [3.8, 4) is 5.82 Å². The second kappa shape index (κ2) is 10.8. The SMILES string of the molecule is Cc1ccc(-n2c(C)cc(C3C(c4ccccn4)NC(=S)N3c3ccc(NC(=O)C(C)C)c(Cl)c3)c2C)nc1. The first-order valence-corrected chi connectivity index (χ1v) is 13.7. The van der Waals surface area contributed by atoms with Gasteiger partial charge in [-0.2, -0.15) is 0 Å². The molecule has 1 amide bonds. The molecule has 7 nitrogen and oxygen atoms in total. The summed E-state index contributed by atoms with van der Waals surface area (Å²) in [4.78, 5) is 23.7. The number of halogens is 1. The molecular weight excluding hydrogens is 528 g/mol. The molecule has 1 saturated heterocycles. The smallest absolute Gasteiger partial charge is 0.226 e. The van der Waals surface area contributed by atoms with Gasteiger partial charge in [0, 0.05) is 35.4 Å². The van der Waals surface area contributed by atoms with Crippen molar-refractivity contribution in [3.63, 3.8) is 0 Å². The van der Waals surface area contributed by atoms with Crippen LogP contribution in [0.2, 0.25) is 5.02 Å². The normalized spacial score (nSPS) is 17.0. The van der Waals surface area contributed by atoms with E-state index in [-0.39, 0.29) is 23.9 Å². The molecule has 2 atom stereocenters. The van der Waals surface area contributed by atoms with Crippen LogP contribution in [0.5, 0.6) is 0 Å². The number of nitrogens with zero attached hydrogens (tertiary/aromatic N) is 4. The summed E-state index contributed by atoms with van der Waals surface area (Å²) in [6, 6.07) is 17.4. The van der Waals surface area contributed by atoms with Crippen molar-refractivity contribution in [2.24, 2.45) is 5.92 Å². The fourth-order valence-electron chi connectivity index (χ4n) is 5.01. The van der Waals surface area contributed by atoms with Crippen molar-refractivity contribution < 1.29 is 4.79 Å². The van der Waals surface area contributed by atoms with Crippen LogP contribution >= 0.6 is 23.8 Å². The second-order valence-electron chi connectivity index (χ2n) is 10.2. The lowest BCUT2D eigenvalue weighted by Gasteiger charge is -2.28. The molecule has 2 N–H and O–H groups in total. The van der Waals surface area contributed by atoms with Gasteiger partial charge < -0.3 is 20.1 Å². The number of anilines is 2. The number of benzene rings is 1. The van der Waals surface area contributed by atoms with Gasteiger partial charge in [0.1, 0.15) is 5.82 Å². The zero-order valence-corrected chi connectivity index (χ0v) is 24.1. The minimum absolute atomic E-state index is 0.0896. The molecule has 1 aliphatic heterocycles. The first-order chi connectivity index (χ1) is 18.7. The van der Waals surface area contributed by atoms with Crippen LogP contribution in [-0.4, -0.2) is 25.6 Å². The van der Waals surface area contributed by atoms with Gasteiger partial charge in [-0.25, -0.2) is 4.98 Å². The number of pyridine rings is 2. The molecule has 39 heavy (non-hydrogen) atoms. The quantitative estimate of drug-likeness (QED) is 0.259. The fraction of sp³-hybridized carbons (Fsp3) is 0.267. The Labute approximate surface area is 239 Å². The first kappa shape index (κ1) is 26.8. The highest BCUT2D eigenvalue weighted by Gasteiger charge is 2.42. The molecular formula is C30H31ClN6OS. The van der Waals surface area contributed by atoms with Crippen molar-refractivity contribution in [1.82, 2.24) is 19.9 Å². The fourth-order valence-corrected chi connectivity index (χ4v) is 5.58. The number of carbonyl (C=O) groups excluding carboxylic acids is 1. The molecule has 5 rings (SSSR count). The minimum atomic E-state index is -0.204. The summed E-state index contributed by atoms with van der Waals surface area (Å²) in [6.07, 6.45) is 3.67. The van der Waals surface area contributed by atoms with E-state index in [9.17, 15) is 4.79 Å². The van der Waals surface area contributed by atoms with E-state index in [1.807, 2.05) is 69.4 Å². The number of amides is 1. The molecule has 3 aromatic heterocycles. The average Bonchev–Trinajstić information content (AvgIpc) is 3.41. The van der Waals surface area contributed by atoms with Gasteiger partial charge in [-0.15, -0.1) is 0 Å². The van der Waals surface area contributed by atoms with Crippen molar-refractivity contribution in [2.45, 2.75) is 46.7 Å². The number of hydrogen-bond acceptors (Lipinski definition) is 4. The van der Waals surface area contributed by atoms with Crippen LogP contribution in [0.3, 0.4) is 0 Å². The molecule has 4 aromatic rings. The van der Waals surface area contributed by atoms with Crippen LogP contribution in [0, 0.1) is 26.7 Å². The zero-order valence-electron chi connectivity index (χ0n) is 22.6. The van der Waals surface area contributed by atoms with Gasteiger partial charge in [0.05, 0.1) is 28.5 Å². The Morgan fingerprint density at radius 3 is 2.51 bits per heavy atom. The van der Waals surface area contributed by atoms with E-state index < -0.39 is 0 Å². The van der Waals surface area contributed by atoms with Crippen molar-refractivity contribution >= 4 is 46.2 Å². The van der Waals surface area contributed by atoms with Gasteiger partial charge >= 0.3 is 0 Å². The zero-order chi connectivity index (χ0) is 27.8. The van der Waals surface area contributed by atoms with Gasteiger partial charge in [0.15, 0.2) is 5.11 Å². The van der Waals surface area contributed by atoms with Crippen molar-refractivity contribution in [2.75, 3.05) is 10.2 Å². The summed E-state index contributed by atoms with van der Waals surface area (Å²) < 4.78 is 2.17. The van der Waals surface area contributed by atoms with E-state index in [1.165, 1.54) is 0 Å². The largest absolute Gasteiger partial charge is 0.351 e.